The fraction of sp³-hybridized carbons (Fsp3) is 0. The van der Waals surface area contributed by atoms with E-state index in [1.54, 1.807) is 0 Å². The van der Waals surface area contributed by atoms with Crippen LogP contribution >= 0.6 is 0 Å². The molecule has 250 valence electrons. The third-order valence-corrected chi connectivity index (χ3v) is 11.2. The Labute approximate surface area is 309 Å². The minimum atomic E-state index is 0.635. The molecule has 0 radical (unpaired) electrons. The summed E-state index contributed by atoms with van der Waals surface area (Å²) in [7, 11) is 0. The summed E-state index contributed by atoms with van der Waals surface area (Å²) in [5.74, 6) is 0.635. The molecule has 4 nitrogen and oxygen atoms in total. The van der Waals surface area contributed by atoms with E-state index in [0.29, 0.717) is 5.95 Å². The number of hydrogen-bond acceptors (Lipinski definition) is 3. The number of rotatable bonds is 3. The van der Waals surface area contributed by atoms with Crippen molar-refractivity contribution in [2.45, 2.75) is 0 Å². The van der Waals surface area contributed by atoms with Gasteiger partial charge in [0.2, 0.25) is 5.95 Å². The van der Waals surface area contributed by atoms with Gasteiger partial charge in [0.05, 0.1) is 22.2 Å². The van der Waals surface area contributed by atoms with E-state index in [-0.39, 0.29) is 0 Å². The lowest BCUT2D eigenvalue weighted by Gasteiger charge is -2.14. The Balaban J connectivity index is 1.19. The number of para-hydroxylation sites is 2. The zero-order chi connectivity index (χ0) is 35.3. The molecule has 0 aliphatic carbocycles. The average molecular weight is 688 g/mol. The lowest BCUT2D eigenvalue weighted by molar-refractivity contribution is 0.669. The van der Waals surface area contributed by atoms with Crippen molar-refractivity contribution < 1.29 is 4.42 Å². The SMILES string of the molecule is c1ccc2cc3c(cc2c1)c1cccc(-c2ccc4c(c2)oc2ccc5ccccc5c24)c1n3-c1nc(-c2cccc3ccccc23)c2ccccc2n1. The number of nitrogens with zero attached hydrogens (tertiary/aromatic N) is 3. The van der Waals surface area contributed by atoms with Gasteiger partial charge < -0.3 is 4.42 Å². The van der Waals surface area contributed by atoms with Crippen LogP contribution in [0.5, 0.6) is 0 Å². The Bertz CT molecular complexity index is 3510. The van der Waals surface area contributed by atoms with Gasteiger partial charge in [-0.05, 0) is 74.3 Å². The predicted octanol–water partition coefficient (Wildman–Crippen LogP) is 13.4. The Morgan fingerprint density at radius 2 is 1.07 bits per heavy atom. The van der Waals surface area contributed by atoms with E-state index in [9.17, 15) is 0 Å². The van der Waals surface area contributed by atoms with Crippen molar-refractivity contribution in [3.8, 4) is 28.3 Å². The van der Waals surface area contributed by atoms with Crippen LogP contribution in [0.25, 0.3) is 115 Å². The Morgan fingerprint density at radius 3 is 1.94 bits per heavy atom. The van der Waals surface area contributed by atoms with E-state index >= 15 is 0 Å². The van der Waals surface area contributed by atoms with Gasteiger partial charge in [0.1, 0.15) is 11.2 Å². The summed E-state index contributed by atoms with van der Waals surface area (Å²) in [5.41, 5.74) is 8.93. The summed E-state index contributed by atoms with van der Waals surface area (Å²) in [6, 6.07) is 62.5. The van der Waals surface area contributed by atoms with Gasteiger partial charge in [-0.25, -0.2) is 9.97 Å². The molecule has 0 saturated heterocycles. The fourth-order valence-electron chi connectivity index (χ4n) is 8.71. The van der Waals surface area contributed by atoms with Crippen LogP contribution in [0.3, 0.4) is 0 Å². The zero-order valence-electron chi connectivity index (χ0n) is 29.0. The predicted molar refractivity (Wildman–Crippen MR) is 225 cm³/mol. The maximum atomic E-state index is 6.58. The summed E-state index contributed by atoms with van der Waals surface area (Å²) >= 11 is 0. The second kappa shape index (κ2) is 11.1. The molecule has 4 heteroatoms. The molecule has 12 rings (SSSR count). The van der Waals surface area contributed by atoms with Crippen LogP contribution in [0.2, 0.25) is 0 Å². The molecule has 3 heterocycles. The topological polar surface area (TPSA) is 43.9 Å². The van der Waals surface area contributed by atoms with E-state index in [4.69, 9.17) is 14.4 Å². The molecule has 0 atom stereocenters. The quantitative estimate of drug-likeness (QED) is 0.186. The zero-order valence-corrected chi connectivity index (χ0v) is 29.0. The first kappa shape index (κ1) is 29.3. The van der Waals surface area contributed by atoms with Crippen molar-refractivity contribution in [2.75, 3.05) is 0 Å². The number of aromatic nitrogens is 3. The van der Waals surface area contributed by atoms with Crippen molar-refractivity contribution in [1.82, 2.24) is 14.5 Å². The number of fused-ring (bicyclic) bond motifs is 11. The van der Waals surface area contributed by atoms with E-state index in [0.717, 1.165) is 82.4 Å². The summed E-state index contributed by atoms with van der Waals surface area (Å²) in [6.07, 6.45) is 0. The third-order valence-electron chi connectivity index (χ3n) is 11.2. The first-order chi connectivity index (χ1) is 26.8. The highest BCUT2D eigenvalue weighted by Gasteiger charge is 2.22. The van der Waals surface area contributed by atoms with E-state index in [1.807, 2.05) is 0 Å². The van der Waals surface area contributed by atoms with Gasteiger partial charge in [-0.2, -0.15) is 0 Å². The maximum absolute atomic E-state index is 6.58. The van der Waals surface area contributed by atoms with Crippen molar-refractivity contribution in [1.29, 1.82) is 0 Å². The molecule has 0 unspecified atom stereocenters. The molecule has 0 saturated carbocycles. The highest BCUT2D eigenvalue weighted by Crippen LogP contribution is 2.42. The molecular formula is C50H29N3O. The molecule has 0 aliphatic rings. The molecule has 0 N–H and O–H groups in total. The first-order valence-electron chi connectivity index (χ1n) is 18.3. The highest BCUT2D eigenvalue weighted by atomic mass is 16.3. The van der Waals surface area contributed by atoms with E-state index in [2.05, 4.69) is 180 Å². The molecular weight excluding hydrogens is 659 g/mol. The first-order valence-corrected chi connectivity index (χ1v) is 18.3. The van der Waals surface area contributed by atoms with Gasteiger partial charge in [0, 0.05) is 38.1 Å². The summed E-state index contributed by atoms with van der Waals surface area (Å²) in [4.78, 5) is 10.9. The van der Waals surface area contributed by atoms with Gasteiger partial charge in [0.15, 0.2) is 0 Å². The molecule has 12 aromatic rings. The molecule has 0 bridgehead atoms. The maximum Gasteiger partial charge on any atom is 0.235 e. The largest absolute Gasteiger partial charge is 0.456 e. The van der Waals surface area contributed by atoms with Crippen LogP contribution in [0.1, 0.15) is 0 Å². The van der Waals surface area contributed by atoms with Crippen LogP contribution < -0.4 is 0 Å². The Morgan fingerprint density at radius 1 is 0.407 bits per heavy atom. The van der Waals surface area contributed by atoms with Gasteiger partial charge >= 0.3 is 0 Å². The third kappa shape index (κ3) is 4.19. The molecule has 54 heavy (non-hydrogen) atoms. The number of furan rings is 1. The van der Waals surface area contributed by atoms with Crippen molar-refractivity contribution >= 4 is 87.0 Å². The van der Waals surface area contributed by atoms with Crippen LogP contribution in [0, 0.1) is 0 Å². The van der Waals surface area contributed by atoms with Crippen molar-refractivity contribution in [3.05, 3.63) is 176 Å². The van der Waals surface area contributed by atoms with Gasteiger partial charge in [-0.3, -0.25) is 4.57 Å². The average Bonchev–Trinajstić information content (AvgIpc) is 3.77. The number of hydrogen-bond donors (Lipinski definition) is 0. The summed E-state index contributed by atoms with van der Waals surface area (Å²) in [6.45, 7) is 0. The standard InChI is InChI=1S/C50H29N3O/c1-2-14-33-28-44-42(27-32(33)13-1)39-21-10-19-37(34-23-25-41-46(29-34)54-45-26-24-31-12-4-6-17-36(31)47(41)45)49(39)53(44)50-51-43-22-8-7-18-40(43)48(52-50)38-20-9-15-30-11-3-5-16-35(30)38/h1-29H. The highest BCUT2D eigenvalue weighted by molar-refractivity contribution is 6.20. The molecule has 3 aromatic heterocycles. The molecule has 0 fully saturated rings. The Kier molecular flexibility index (Phi) is 6.02. The van der Waals surface area contributed by atoms with Crippen LogP contribution in [-0.2, 0) is 0 Å². The second-order valence-corrected chi connectivity index (χ2v) is 14.1. The molecule has 0 aliphatic heterocycles. The second-order valence-electron chi connectivity index (χ2n) is 14.1. The van der Waals surface area contributed by atoms with Crippen molar-refractivity contribution in [2.24, 2.45) is 0 Å². The van der Waals surface area contributed by atoms with Crippen LogP contribution in [0.15, 0.2) is 180 Å². The number of benzene rings is 9. The summed E-state index contributed by atoms with van der Waals surface area (Å²) < 4.78 is 8.86. The molecule has 0 amide bonds. The molecule has 9 aromatic carbocycles. The van der Waals surface area contributed by atoms with Gasteiger partial charge in [-0.15, -0.1) is 0 Å². The lowest BCUT2D eigenvalue weighted by Crippen LogP contribution is -2.04. The Hall–Kier alpha value is -7.30. The van der Waals surface area contributed by atoms with E-state index in [1.165, 1.54) is 26.9 Å². The minimum Gasteiger partial charge on any atom is -0.456 e. The molecule has 0 spiro atoms. The lowest BCUT2D eigenvalue weighted by atomic mass is 9.99. The fourth-order valence-corrected chi connectivity index (χ4v) is 8.71. The van der Waals surface area contributed by atoms with Crippen LogP contribution in [-0.4, -0.2) is 14.5 Å². The van der Waals surface area contributed by atoms with Crippen LogP contribution in [0.4, 0.5) is 0 Å². The normalized spacial score (nSPS) is 12.1. The summed E-state index contributed by atoms with van der Waals surface area (Å²) in [5, 5.41) is 12.7. The monoisotopic (exact) mass is 687 g/mol. The smallest absolute Gasteiger partial charge is 0.235 e. The van der Waals surface area contributed by atoms with Gasteiger partial charge in [-0.1, -0.05) is 140 Å². The van der Waals surface area contributed by atoms with E-state index < -0.39 is 0 Å². The van der Waals surface area contributed by atoms with Crippen molar-refractivity contribution in [3.63, 3.8) is 0 Å². The minimum absolute atomic E-state index is 0.635. The van der Waals surface area contributed by atoms with Gasteiger partial charge in [0.25, 0.3) is 0 Å².